The van der Waals surface area contributed by atoms with Crippen molar-refractivity contribution in [2.45, 2.75) is 32.6 Å². The highest BCUT2D eigenvalue weighted by atomic mass is 16.5. The number of unbranched alkanes of at least 4 members (excludes halogenated alkanes) is 3. The largest absolute Gasteiger partial charge is 0.484 e. The third-order valence-electron chi connectivity index (χ3n) is 3.27. The Labute approximate surface area is 138 Å². The average Bonchev–Trinajstić information content (AvgIpc) is 2.52. The van der Waals surface area contributed by atoms with E-state index in [2.05, 4.69) is 17.6 Å². The Morgan fingerprint density at radius 2 is 1.96 bits per heavy atom. The van der Waals surface area contributed by atoms with Crippen LogP contribution in [0.3, 0.4) is 0 Å². The van der Waals surface area contributed by atoms with Crippen LogP contribution in [0.15, 0.2) is 24.3 Å². The number of carbonyl (C=O) groups is 2. The number of carbonyl (C=O) groups excluding carboxylic acids is 2. The van der Waals surface area contributed by atoms with Crippen LogP contribution in [0.25, 0.3) is 0 Å². The number of benzene rings is 1. The van der Waals surface area contributed by atoms with Crippen LogP contribution in [0, 0.1) is 0 Å². The standard InChI is InChI=1S/C17H27N3O3/c1-4-5-6-7-11-18-17(22)19-14-9-8-10-15(12-14)23-13-16(21)20(2)3/h8-10,12H,4-7,11,13H2,1-3H3,(H2,18,19,22). The summed E-state index contributed by atoms with van der Waals surface area (Å²) in [6, 6.07) is 6.75. The Bertz CT molecular complexity index is 504. The topological polar surface area (TPSA) is 70.7 Å². The lowest BCUT2D eigenvalue weighted by Crippen LogP contribution is -2.29. The van der Waals surface area contributed by atoms with Gasteiger partial charge >= 0.3 is 6.03 Å². The van der Waals surface area contributed by atoms with Gasteiger partial charge in [-0.3, -0.25) is 4.79 Å². The van der Waals surface area contributed by atoms with Crippen molar-refractivity contribution in [3.8, 4) is 5.75 Å². The zero-order valence-corrected chi connectivity index (χ0v) is 14.2. The number of nitrogens with zero attached hydrogens (tertiary/aromatic N) is 1. The minimum atomic E-state index is -0.233. The lowest BCUT2D eigenvalue weighted by molar-refractivity contribution is -0.130. The molecule has 0 saturated carbocycles. The van der Waals surface area contributed by atoms with Gasteiger partial charge in [0.1, 0.15) is 5.75 Å². The second kappa shape index (κ2) is 10.5. The summed E-state index contributed by atoms with van der Waals surface area (Å²) in [7, 11) is 3.35. The monoisotopic (exact) mass is 321 g/mol. The number of urea groups is 1. The number of ether oxygens (including phenoxy) is 1. The molecule has 0 spiro atoms. The zero-order chi connectivity index (χ0) is 17.1. The van der Waals surface area contributed by atoms with Gasteiger partial charge in [0, 0.05) is 32.4 Å². The van der Waals surface area contributed by atoms with Crippen LogP contribution in [0.2, 0.25) is 0 Å². The van der Waals surface area contributed by atoms with Crippen LogP contribution in [0.5, 0.6) is 5.75 Å². The SMILES string of the molecule is CCCCCCNC(=O)Nc1cccc(OCC(=O)N(C)C)c1. The lowest BCUT2D eigenvalue weighted by atomic mass is 10.2. The van der Waals surface area contributed by atoms with E-state index in [0.717, 1.165) is 12.8 Å². The van der Waals surface area contributed by atoms with Crippen LogP contribution in [0.4, 0.5) is 10.5 Å². The smallest absolute Gasteiger partial charge is 0.319 e. The van der Waals surface area contributed by atoms with Gasteiger partial charge in [-0.05, 0) is 18.6 Å². The van der Waals surface area contributed by atoms with Crippen LogP contribution < -0.4 is 15.4 Å². The second-order valence-corrected chi connectivity index (χ2v) is 5.55. The van der Waals surface area contributed by atoms with Crippen LogP contribution in [-0.2, 0) is 4.79 Å². The fourth-order valence-corrected chi connectivity index (χ4v) is 1.87. The molecular formula is C17H27N3O3. The number of hydrogen-bond donors (Lipinski definition) is 2. The molecule has 0 bridgehead atoms. The Morgan fingerprint density at radius 3 is 2.65 bits per heavy atom. The van der Waals surface area contributed by atoms with Crippen LogP contribution >= 0.6 is 0 Å². The van der Waals surface area contributed by atoms with E-state index < -0.39 is 0 Å². The molecule has 128 valence electrons. The molecular weight excluding hydrogens is 294 g/mol. The van der Waals surface area contributed by atoms with E-state index in [-0.39, 0.29) is 18.5 Å². The fraction of sp³-hybridized carbons (Fsp3) is 0.529. The van der Waals surface area contributed by atoms with Gasteiger partial charge in [-0.15, -0.1) is 0 Å². The number of anilines is 1. The van der Waals surface area contributed by atoms with E-state index >= 15 is 0 Å². The summed E-state index contributed by atoms with van der Waals surface area (Å²) in [6.07, 6.45) is 4.47. The molecule has 2 N–H and O–H groups in total. The maximum atomic E-state index is 11.8. The number of amides is 3. The minimum absolute atomic E-state index is 0.0277. The van der Waals surface area contributed by atoms with Crippen molar-refractivity contribution >= 4 is 17.6 Å². The average molecular weight is 321 g/mol. The predicted octanol–water partition coefficient (Wildman–Crippen LogP) is 2.86. The third kappa shape index (κ3) is 8.09. The summed E-state index contributed by atoms with van der Waals surface area (Å²) in [5.74, 6) is 0.425. The van der Waals surface area contributed by atoms with E-state index in [0.29, 0.717) is 18.0 Å². The molecule has 23 heavy (non-hydrogen) atoms. The van der Waals surface area contributed by atoms with Crippen LogP contribution in [0.1, 0.15) is 32.6 Å². The fourth-order valence-electron chi connectivity index (χ4n) is 1.87. The molecule has 6 nitrogen and oxygen atoms in total. The molecule has 0 aliphatic rings. The molecule has 0 aromatic heterocycles. The maximum absolute atomic E-state index is 11.8. The van der Waals surface area contributed by atoms with Gasteiger partial charge in [-0.25, -0.2) is 4.79 Å². The molecule has 1 aromatic carbocycles. The number of hydrogen-bond acceptors (Lipinski definition) is 3. The first-order valence-corrected chi connectivity index (χ1v) is 8.00. The zero-order valence-electron chi connectivity index (χ0n) is 14.2. The maximum Gasteiger partial charge on any atom is 0.319 e. The molecule has 0 aliphatic heterocycles. The summed E-state index contributed by atoms with van der Waals surface area (Å²) in [4.78, 5) is 24.7. The number of nitrogens with one attached hydrogen (secondary N) is 2. The van der Waals surface area contributed by atoms with Crippen molar-refractivity contribution in [2.75, 3.05) is 32.6 Å². The number of rotatable bonds is 9. The Kier molecular flexibility index (Phi) is 8.57. The molecule has 0 heterocycles. The van der Waals surface area contributed by atoms with Crippen molar-refractivity contribution < 1.29 is 14.3 Å². The van der Waals surface area contributed by atoms with Crippen LogP contribution in [-0.4, -0.2) is 44.1 Å². The van der Waals surface area contributed by atoms with Gasteiger partial charge in [0.05, 0.1) is 0 Å². The molecule has 1 aromatic rings. The van der Waals surface area contributed by atoms with Gasteiger partial charge in [0.2, 0.25) is 0 Å². The lowest BCUT2D eigenvalue weighted by Gasteiger charge is -2.12. The molecule has 0 atom stereocenters. The summed E-state index contributed by atoms with van der Waals surface area (Å²) < 4.78 is 5.41. The van der Waals surface area contributed by atoms with Gasteiger partial charge in [0.25, 0.3) is 5.91 Å². The molecule has 1 rings (SSSR count). The molecule has 3 amide bonds. The molecule has 0 fully saturated rings. The predicted molar refractivity (Wildman–Crippen MR) is 91.8 cm³/mol. The first-order valence-electron chi connectivity index (χ1n) is 8.00. The van der Waals surface area contributed by atoms with E-state index in [9.17, 15) is 9.59 Å². The normalized spacial score (nSPS) is 10.0. The minimum Gasteiger partial charge on any atom is -0.484 e. The van der Waals surface area contributed by atoms with Crippen molar-refractivity contribution in [2.24, 2.45) is 0 Å². The highest BCUT2D eigenvalue weighted by molar-refractivity contribution is 5.89. The van der Waals surface area contributed by atoms with E-state index in [1.54, 1.807) is 38.4 Å². The van der Waals surface area contributed by atoms with E-state index in [4.69, 9.17) is 4.74 Å². The third-order valence-corrected chi connectivity index (χ3v) is 3.27. The molecule has 6 heteroatoms. The second-order valence-electron chi connectivity index (χ2n) is 5.55. The van der Waals surface area contributed by atoms with Gasteiger partial charge in [0.15, 0.2) is 6.61 Å². The van der Waals surface area contributed by atoms with Gasteiger partial charge in [-0.1, -0.05) is 32.3 Å². The van der Waals surface area contributed by atoms with Crippen molar-refractivity contribution in [3.05, 3.63) is 24.3 Å². The molecule has 0 saturated heterocycles. The van der Waals surface area contributed by atoms with Gasteiger partial charge < -0.3 is 20.3 Å². The number of likely N-dealkylation sites (N-methyl/N-ethyl adjacent to an activating group) is 1. The summed E-state index contributed by atoms with van der Waals surface area (Å²) in [5.41, 5.74) is 0.630. The van der Waals surface area contributed by atoms with Crippen molar-refractivity contribution in [1.82, 2.24) is 10.2 Å². The first-order chi connectivity index (χ1) is 11.0. The quantitative estimate of drug-likeness (QED) is 0.687. The molecule has 0 aliphatic carbocycles. The first kappa shape index (κ1) is 18.8. The van der Waals surface area contributed by atoms with Crippen molar-refractivity contribution in [3.63, 3.8) is 0 Å². The van der Waals surface area contributed by atoms with Crippen molar-refractivity contribution in [1.29, 1.82) is 0 Å². The molecule has 0 radical (unpaired) electrons. The summed E-state index contributed by atoms with van der Waals surface area (Å²) in [5, 5.41) is 5.58. The highest BCUT2D eigenvalue weighted by Crippen LogP contribution is 2.17. The Hall–Kier alpha value is -2.24. The van der Waals surface area contributed by atoms with E-state index in [1.807, 2.05) is 0 Å². The summed E-state index contributed by atoms with van der Waals surface area (Å²) >= 11 is 0. The summed E-state index contributed by atoms with van der Waals surface area (Å²) in [6.45, 7) is 2.79. The Morgan fingerprint density at radius 1 is 1.17 bits per heavy atom. The van der Waals surface area contributed by atoms with Gasteiger partial charge in [-0.2, -0.15) is 0 Å². The highest BCUT2D eigenvalue weighted by Gasteiger charge is 2.06. The van der Waals surface area contributed by atoms with E-state index in [1.165, 1.54) is 17.7 Å². The Balaban J connectivity index is 2.38. The molecule has 0 unspecified atom stereocenters.